The first kappa shape index (κ1) is 25.5. The van der Waals surface area contributed by atoms with Gasteiger partial charge in [0.05, 0.1) is 15.1 Å². The Labute approximate surface area is 215 Å². The fraction of sp³-hybridized carbons (Fsp3) is 0.130. The van der Waals surface area contributed by atoms with Crippen molar-refractivity contribution in [1.82, 2.24) is 5.32 Å². The minimum absolute atomic E-state index is 0.0276. The lowest BCUT2D eigenvalue weighted by Crippen LogP contribution is -2.44. The van der Waals surface area contributed by atoms with Gasteiger partial charge in [0.25, 0.3) is 0 Å². The molecule has 172 valence electrons. The highest BCUT2D eigenvalue weighted by molar-refractivity contribution is 6.55. The van der Waals surface area contributed by atoms with Crippen LogP contribution in [-0.4, -0.2) is 18.1 Å². The molecule has 0 saturated heterocycles. The van der Waals surface area contributed by atoms with Gasteiger partial charge in [-0.3, -0.25) is 0 Å². The minimum atomic E-state index is -1.13. The number of benzene rings is 3. The van der Waals surface area contributed by atoms with Crippen molar-refractivity contribution in [3.8, 4) is 5.75 Å². The van der Waals surface area contributed by atoms with Gasteiger partial charge in [0.15, 0.2) is 5.75 Å². The zero-order chi connectivity index (χ0) is 24.0. The second-order valence-electron chi connectivity index (χ2n) is 6.77. The number of hydrogen-bond acceptors (Lipinski definition) is 4. The quantitative estimate of drug-likeness (QED) is 0.145. The van der Waals surface area contributed by atoms with Gasteiger partial charge in [-0.05, 0) is 11.1 Å². The smallest absolute Gasteiger partial charge is 0.408 e. The summed E-state index contributed by atoms with van der Waals surface area (Å²) in [6, 6.07) is 17.0. The summed E-state index contributed by atoms with van der Waals surface area (Å²) in [5.74, 6) is -1.12. The highest BCUT2D eigenvalue weighted by atomic mass is 35.5. The maximum absolute atomic E-state index is 13.0. The zero-order valence-electron chi connectivity index (χ0n) is 16.8. The minimum Gasteiger partial charge on any atom is -0.445 e. The zero-order valence-corrected chi connectivity index (χ0v) is 20.6. The van der Waals surface area contributed by atoms with Gasteiger partial charge in [0.1, 0.15) is 22.7 Å². The Morgan fingerprint density at radius 3 is 1.76 bits per heavy atom. The number of carbonyl (C=O) groups is 2. The lowest BCUT2D eigenvalue weighted by atomic mass is 10.1. The molecule has 0 heterocycles. The molecular weight excluding hydrogens is 532 g/mol. The van der Waals surface area contributed by atoms with Gasteiger partial charge >= 0.3 is 12.1 Å². The Kier molecular flexibility index (Phi) is 9.12. The normalized spacial score (nSPS) is 11.5. The predicted molar refractivity (Wildman–Crippen MR) is 131 cm³/mol. The summed E-state index contributed by atoms with van der Waals surface area (Å²) in [5.41, 5.74) is 1.56. The van der Waals surface area contributed by atoms with E-state index in [0.29, 0.717) is 0 Å². The molecule has 33 heavy (non-hydrogen) atoms. The molecule has 0 bridgehead atoms. The van der Waals surface area contributed by atoms with Gasteiger partial charge in [0, 0.05) is 6.42 Å². The van der Waals surface area contributed by atoms with Crippen LogP contribution in [0.4, 0.5) is 4.79 Å². The second-order valence-corrected chi connectivity index (χ2v) is 8.66. The molecule has 1 atom stereocenters. The van der Waals surface area contributed by atoms with Crippen LogP contribution in [0.3, 0.4) is 0 Å². The third-order valence-corrected chi connectivity index (χ3v) is 6.69. The average Bonchev–Trinajstić information content (AvgIpc) is 2.83. The molecular formula is C23H16Cl5NO4. The molecule has 0 aliphatic heterocycles. The molecule has 0 aromatic heterocycles. The highest BCUT2D eigenvalue weighted by Crippen LogP contribution is 2.48. The summed E-state index contributed by atoms with van der Waals surface area (Å²) in [5, 5.41) is 1.84. The Balaban J connectivity index is 1.79. The van der Waals surface area contributed by atoms with E-state index in [1.807, 2.05) is 24.3 Å². The number of alkyl carbamates (subject to hydrolysis) is 1. The Morgan fingerprint density at radius 1 is 0.727 bits per heavy atom. The first-order chi connectivity index (χ1) is 15.8. The van der Waals surface area contributed by atoms with Crippen LogP contribution in [0.15, 0.2) is 60.7 Å². The topological polar surface area (TPSA) is 64.6 Å². The van der Waals surface area contributed by atoms with E-state index in [-0.39, 0.29) is 43.9 Å². The fourth-order valence-electron chi connectivity index (χ4n) is 2.80. The molecule has 3 aromatic rings. The van der Waals surface area contributed by atoms with Crippen LogP contribution in [0.25, 0.3) is 0 Å². The number of esters is 1. The van der Waals surface area contributed by atoms with Crippen molar-refractivity contribution in [1.29, 1.82) is 0 Å². The number of ether oxygens (including phenoxy) is 2. The van der Waals surface area contributed by atoms with Gasteiger partial charge in [-0.15, -0.1) is 0 Å². The Morgan fingerprint density at radius 2 is 1.21 bits per heavy atom. The first-order valence-electron chi connectivity index (χ1n) is 9.52. The SMILES string of the molecule is O=C(N[C@H](Cc1ccccc1)C(=O)Oc1c(Cl)c(Cl)c(Cl)c(Cl)c1Cl)OCc1ccccc1. The molecule has 0 fully saturated rings. The van der Waals surface area contributed by atoms with Crippen molar-refractivity contribution in [2.45, 2.75) is 19.1 Å². The van der Waals surface area contributed by atoms with Crippen LogP contribution < -0.4 is 10.1 Å². The number of hydrogen-bond donors (Lipinski definition) is 1. The van der Waals surface area contributed by atoms with Gasteiger partial charge in [0.2, 0.25) is 0 Å². The maximum atomic E-state index is 13.0. The average molecular weight is 548 g/mol. The molecule has 0 spiro atoms. The molecule has 0 aliphatic carbocycles. The first-order valence-corrected chi connectivity index (χ1v) is 11.4. The van der Waals surface area contributed by atoms with Gasteiger partial charge < -0.3 is 14.8 Å². The monoisotopic (exact) mass is 545 g/mol. The van der Waals surface area contributed by atoms with E-state index in [1.54, 1.807) is 36.4 Å². The van der Waals surface area contributed by atoms with Crippen LogP contribution in [0.2, 0.25) is 25.1 Å². The van der Waals surface area contributed by atoms with Crippen molar-refractivity contribution < 1.29 is 19.1 Å². The van der Waals surface area contributed by atoms with Crippen LogP contribution in [0, 0.1) is 0 Å². The number of nitrogens with one attached hydrogen (secondary N) is 1. The number of carbonyl (C=O) groups excluding carboxylic acids is 2. The molecule has 0 aliphatic rings. The van der Waals surface area contributed by atoms with Crippen molar-refractivity contribution in [3.63, 3.8) is 0 Å². The maximum Gasteiger partial charge on any atom is 0.408 e. The van der Waals surface area contributed by atoms with Crippen molar-refractivity contribution in [2.75, 3.05) is 0 Å². The van der Waals surface area contributed by atoms with Crippen LogP contribution in [-0.2, 0) is 22.6 Å². The molecule has 0 saturated carbocycles. The molecule has 3 rings (SSSR count). The van der Waals surface area contributed by atoms with Crippen LogP contribution >= 0.6 is 58.0 Å². The third kappa shape index (κ3) is 6.69. The lowest BCUT2D eigenvalue weighted by molar-refractivity contribution is -0.136. The summed E-state index contributed by atoms with van der Waals surface area (Å²) < 4.78 is 10.6. The van der Waals surface area contributed by atoms with E-state index in [9.17, 15) is 9.59 Å². The van der Waals surface area contributed by atoms with E-state index in [2.05, 4.69) is 5.32 Å². The third-order valence-electron chi connectivity index (χ3n) is 4.44. The molecule has 0 radical (unpaired) electrons. The van der Waals surface area contributed by atoms with E-state index in [4.69, 9.17) is 67.5 Å². The standard InChI is InChI=1S/C23H16Cl5NO4/c24-16-17(25)19(27)21(20(28)18(16)26)33-22(30)15(11-13-7-3-1-4-8-13)29-23(31)32-12-14-9-5-2-6-10-14/h1-10,15H,11-12H2,(H,29,31)/t15-/m1/s1. The van der Waals surface area contributed by atoms with Crippen LogP contribution in [0.5, 0.6) is 5.75 Å². The largest absolute Gasteiger partial charge is 0.445 e. The summed E-state index contributed by atoms with van der Waals surface area (Å²) in [6.45, 7) is 0.0276. The fourth-order valence-corrected chi connectivity index (χ4v) is 3.99. The van der Waals surface area contributed by atoms with Crippen molar-refractivity contribution in [3.05, 3.63) is 96.9 Å². The predicted octanol–water partition coefficient (Wildman–Crippen LogP) is 7.40. The molecule has 3 aromatic carbocycles. The number of rotatable bonds is 7. The second kappa shape index (κ2) is 11.8. The highest BCUT2D eigenvalue weighted by Gasteiger charge is 2.28. The molecule has 10 heteroatoms. The van der Waals surface area contributed by atoms with E-state index < -0.39 is 18.1 Å². The molecule has 1 amide bonds. The van der Waals surface area contributed by atoms with Gasteiger partial charge in [-0.1, -0.05) is 119 Å². The van der Waals surface area contributed by atoms with E-state index >= 15 is 0 Å². The number of halogens is 5. The van der Waals surface area contributed by atoms with E-state index in [0.717, 1.165) is 11.1 Å². The molecule has 1 N–H and O–H groups in total. The number of amides is 1. The molecule has 0 unspecified atom stereocenters. The Hall–Kier alpha value is -2.15. The molecule has 5 nitrogen and oxygen atoms in total. The summed E-state index contributed by atoms with van der Waals surface area (Å²) in [4.78, 5) is 25.4. The summed E-state index contributed by atoms with van der Waals surface area (Å²) >= 11 is 30.4. The lowest BCUT2D eigenvalue weighted by Gasteiger charge is -2.19. The van der Waals surface area contributed by atoms with E-state index in [1.165, 1.54) is 0 Å². The Bertz CT molecular complexity index is 1110. The van der Waals surface area contributed by atoms with Crippen molar-refractivity contribution in [2.24, 2.45) is 0 Å². The summed E-state index contributed by atoms with van der Waals surface area (Å²) in [6.07, 6.45) is -0.689. The van der Waals surface area contributed by atoms with Crippen molar-refractivity contribution >= 4 is 70.1 Å². The summed E-state index contributed by atoms with van der Waals surface area (Å²) in [7, 11) is 0. The van der Waals surface area contributed by atoms with Crippen LogP contribution in [0.1, 0.15) is 11.1 Å². The van der Waals surface area contributed by atoms with Gasteiger partial charge in [-0.25, -0.2) is 9.59 Å². The van der Waals surface area contributed by atoms with Gasteiger partial charge in [-0.2, -0.15) is 0 Å².